The van der Waals surface area contributed by atoms with Gasteiger partial charge in [0.1, 0.15) is 0 Å². The van der Waals surface area contributed by atoms with E-state index in [2.05, 4.69) is 0 Å². The fourth-order valence-corrected chi connectivity index (χ4v) is 4.04. The first-order valence-corrected chi connectivity index (χ1v) is 8.76. The number of esters is 4. The molecule has 0 radical (unpaired) electrons. The van der Waals surface area contributed by atoms with Crippen molar-refractivity contribution < 1.29 is 57.2 Å². The summed E-state index contributed by atoms with van der Waals surface area (Å²) in [5, 5.41) is 0. The van der Waals surface area contributed by atoms with Crippen molar-refractivity contribution in [3.63, 3.8) is 0 Å². The van der Waals surface area contributed by atoms with Crippen LogP contribution in [-0.2, 0) is 57.2 Å². The van der Waals surface area contributed by atoms with Gasteiger partial charge in [-0.15, -0.1) is 0 Å². The van der Waals surface area contributed by atoms with Gasteiger partial charge in [0.2, 0.25) is 0 Å². The Morgan fingerprint density at radius 3 is 1.07 bits per heavy atom. The molecule has 0 aromatic carbocycles. The van der Waals surface area contributed by atoms with E-state index in [1.165, 1.54) is 0 Å². The van der Waals surface area contributed by atoms with Crippen molar-refractivity contribution in [1.82, 2.24) is 0 Å². The average molecular weight is 432 g/mol. The van der Waals surface area contributed by atoms with E-state index in [1.54, 1.807) is 0 Å². The van der Waals surface area contributed by atoms with E-state index in [0.29, 0.717) is 0 Å². The molecule has 1 fully saturated rings. The second kappa shape index (κ2) is 11.7. The molecule has 0 amide bonds. The smallest absolute Gasteiger partial charge is 0.310 e. The quantitative estimate of drug-likeness (QED) is 0.229. The monoisotopic (exact) mass is 432 g/mol. The maximum atomic E-state index is 12.6. The average Bonchev–Trinajstić information content (AvgIpc) is 2.77. The molecular weight excluding hydrogens is 408 g/mol. The molecule has 0 unspecified atom stereocenters. The van der Waals surface area contributed by atoms with Crippen LogP contribution in [0.15, 0.2) is 0 Å². The summed E-state index contributed by atoms with van der Waals surface area (Å²) in [4.78, 5) is 72.1. The van der Waals surface area contributed by atoms with Crippen LogP contribution in [0.25, 0.3) is 0 Å². The highest BCUT2D eigenvalue weighted by Crippen LogP contribution is 2.48. The Kier molecular flexibility index (Phi) is 9.72. The molecule has 0 spiro atoms. The molecule has 12 heteroatoms. The highest BCUT2D eigenvalue weighted by Gasteiger charge is 2.62. The largest absolute Gasteiger partial charge is 0.469 e. The van der Waals surface area contributed by atoms with E-state index in [4.69, 9.17) is 28.4 Å². The summed E-state index contributed by atoms with van der Waals surface area (Å²) >= 11 is 0. The zero-order valence-electron chi connectivity index (χ0n) is 16.9. The van der Waals surface area contributed by atoms with E-state index >= 15 is 0 Å². The van der Waals surface area contributed by atoms with Crippen molar-refractivity contribution >= 4 is 36.8 Å². The lowest BCUT2D eigenvalue weighted by atomic mass is 9.56. The molecule has 1 aliphatic carbocycles. The number of carbonyl (C=O) groups is 6. The summed E-state index contributed by atoms with van der Waals surface area (Å²) < 4.78 is 28.7. The highest BCUT2D eigenvalue weighted by molar-refractivity contribution is 5.91. The summed E-state index contributed by atoms with van der Waals surface area (Å²) in [6.07, 6.45) is 0. The van der Waals surface area contributed by atoms with E-state index in [9.17, 15) is 28.8 Å². The van der Waals surface area contributed by atoms with Crippen LogP contribution in [0.1, 0.15) is 0 Å². The number of methoxy groups -OCH3 is 4. The topological polar surface area (TPSA) is 158 Å². The van der Waals surface area contributed by atoms with Crippen molar-refractivity contribution in [3.8, 4) is 0 Å². The number of hydrogen-bond acceptors (Lipinski definition) is 12. The Bertz CT molecular complexity index is 604. The van der Waals surface area contributed by atoms with Gasteiger partial charge < -0.3 is 28.4 Å². The standard InChI is InChI=1S/C18H24O12/c1-25-15(21)11-9(5-29-7-19)10(6-30-8-20)12(16(22)26-2)14(18(24)28-4)13(11)17(23)27-3/h7-14H,5-6H2,1-4H3/t9-,10-,11+,12+,13-,14-/m1/s1. The molecule has 1 rings (SSSR count). The van der Waals surface area contributed by atoms with E-state index in [1.807, 2.05) is 0 Å². The lowest BCUT2D eigenvalue weighted by Crippen LogP contribution is -2.59. The lowest BCUT2D eigenvalue weighted by molar-refractivity contribution is -0.191. The molecule has 0 aliphatic heterocycles. The first kappa shape index (κ1) is 24.9. The third kappa shape index (κ3) is 5.05. The summed E-state index contributed by atoms with van der Waals surface area (Å²) in [7, 11) is 4.20. The molecule has 0 heterocycles. The van der Waals surface area contributed by atoms with Gasteiger partial charge in [0.25, 0.3) is 12.9 Å². The first-order valence-electron chi connectivity index (χ1n) is 8.76. The zero-order chi connectivity index (χ0) is 22.8. The number of ether oxygens (including phenoxy) is 6. The highest BCUT2D eigenvalue weighted by atomic mass is 16.5. The molecule has 1 saturated carbocycles. The summed E-state index contributed by atoms with van der Waals surface area (Å²) in [5.41, 5.74) is 0. The summed E-state index contributed by atoms with van der Waals surface area (Å²) in [5.74, 6) is -11.7. The molecule has 0 aromatic rings. The minimum atomic E-state index is -1.52. The second-order valence-corrected chi connectivity index (χ2v) is 6.38. The van der Waals surface area contributed by atoms with Crippen molar-refractivity contribution in [2.24, 2.45) is 35.5 Å². The maximum absolute atomic E-state index is 12.6. The maximum Gasteiger partial charge on any atom is 0.310 e. The van der Waals surface area contributed by atoms with Gasteiger partial charge in [-0.2, -0.15) is 0 Å². The minimum Gasteiger partial charge on any atom is -0.469 e. The number of carbonyl (C=O) groups excluding carboxylic acids is 6. The fraction of sp³-hybridized carbons (Fsp3) is 0.667. The van der Waals surface area contributed by atoms with Gasteiger partial charge >= 0.3 is 23.9 Å². The Balaban J connectivity index is 3.77. The molecule has 0 aromatic heterocycles. The fourth-order valence-electron chi connectivity index (χ4n) is 4.04. The van der Waals surface area contributed by atoms with Crippen LogP contribution in [0.2, 0.25) is 0 Å². The molecule has 6 atom stereocenters. The van der Waals surface area contributed by atoms with Crippen molar-refractivity contribution in [2.75, 3.05) is 41.7 Å². The summed E-state index contributed by atoms with van der Waals surface area (Å²) in [6.45, 7) is -0.659. The van der Waals surface area contributed by atoms with Crippen LogP contribution in [0, 0.1) is 35.5 Å². The van der Waals surface area contributed by atoms with Crippen molar-refractivity contribution in [1.29, 1.82) is 0 Å². The molecular formula is C18H24O12. The molecule has 0 saturated heterocycles. The predicted molar refractivity (Wildman–Crippen MR) is 93.0 cm³/mol. The van der Waals surface area contributed by atoms with Gasteiger partial charge in [0.05, 0.1) is 65.3 Å². The third-order valence-corrected chi connectivity index (χ3v) is 5.24. The second-order valence-electron chi connectivity index (χ2n) is 6.38. The lowest BCUT2D eigenvalue weighted by Gasteiger charge is -2.46. The normalized spacial score (nSPS) is 27.7. The molecule has 12 nitrogen and oxygen atoms in total. The van der Waals surface area contributed by atoms with Crippen LogP contribution in [0.5, 0.6) is 0 Å². The zero-order valence-corrected chi connectivity index (χ0v) is 16.9. The minimum absolute atomic E-state index is 0.110. The van der Waals surface area contributed by atoms with Gasteiger partial charge in [-0.3, -0.25) is 28.8 Å². The SMILES string of the molecule is COC(=O)[C@H]1[C@H](C(=O)OC)[C@@H](C(=O)OC)[C@H](COC=O)[C@@H](COC=O)[C@@H]1C(=O)OC. The molecule has 1 aliphatic rings. The Morgan fingerprint density at radius 2 is 0.833 bits per heavy atom. The van der Waals surface area contributed by atoms with Crippen LogP contribution in [-0.4, -0.2) is 78.5 Å². The summed E-state index contributed by atoms with van der Waals surface area (Å²) in [6, 6.07) is 0. The van der Waals surface area contributed by atoms with Crippen LogP contribution in [0.3, 0.4) is 0 Å². The van der Waals surface area contributed by atoms with Crippen LogP contribution in [0.4, 0.5) is 0 Å². The Labute approximate surface area is 172 Å². The molecule has 168 valence electrons. The first-order chi connectivity index (χ1) is 14.3. The molecule has 0 N–H and O–H groups in total. The van der Waals surface area contributed by atoms with E-state index < -0.39 is 72.6 Å². The number of hydrogen-bond donors (Lipinski definition) is 0. The van der Waals surface area contributed by atoms with Gasteiger partial charge in [-0.25, -0.2) is 0 Å². The van der Waals surface area contributed by atoms with Crippen LogP contribution >= 0.6 is 0 Å². The Hall–Kier alpha value is -3.18. The predicted octanol–water partition coefficient (Wildman–Crippen LogP) is -1.26. The van der Waals surface area contributed by atoms with E-state index in [-0.39, 0.29) is 12.9 Å². The molecule has 0 bridgehead atoms. The van der Waals surface area contributed by atoms with Gasteiger partial charge in [0, 0.05) is 11.8 Å². The van der Waals surface area contributed by atoms with Gasteiger partial charge in [0.15, 0.2) is 0 Å². The van der Waals surface area contributed by atoms with Gasteiger partial charge in [-0.05, 0) is 0 Å². The number of rotatable bonds is 10. The van der Waals surface area contributed by atoms with Crippen molar-refractivity contribution in [3.05, 3.63) is 0 Å². The Morgan fingerprint density at radius 1 is 0.567 bits per heavy atom. The van der Waals surface area contributed by atoms with Crippen molar-refractivity contribution in [2.45, 2.75) is 0 Å². The molecule has 30 heavy (non-hydrogen) atoms. The van der Waals surface area contributed by atoms with Gasteiger partial charge in [-0.1, -0.05) is 0 Å². The van der Waals surface area contributed by atoms with Crippen LogP contribution < -0.4 is 0 Å². The third-order valence-electron chi connectivity index (χ3n) is 5.24. The van der Waals surface area contributed by atoms with E-state index in [0.717, 1.165) is 28.4 Å².